The molecule has 0 amide bonds. The molecule has 1 atom stereocenters. The van der Waals surface area contributed by atoms with Crippen molar-refractivity contribution in [1.82, 2.24) is 4.90 Å². The number of thioether (sulfide) groups is 2. The van der Waals surface area contributed by atoms with Crippen LogP contribution >= 0.6 is 23.5 Å². The number of rotatable bonds is 1. The molecule has 0 N–H and O–H groups in total. The maximum Gasteiger partial charge on any atom is 0.125 e. The Morgan fingerprint density at radius 3 is 3.36 bits per heavy atom. The van der Waals surface area contributed by atoms with Gasteiger partial charge in [0.15, 0.2) is 0 Å². The first kappa shape index (κ1) is 7.87. The second-order valence-electron chi connectivity index (χ2n) is 2.94. The summed E-state index contributed by atoms with van der Waals surface area (Å²) in [5, 5.41) is 2.35. The fraction of sp³-hybridized carbons (Fsp3) is 0.750. The third-order valence-electron chi connectivity index (χ3n) is 2.23. The lowest BCUT2D eigenvalue weighted by molar-refractivity contribution is 0.325. The number of piperidine rings is 1. The molecule has 1 saturated heterocycles. The average molecular weight is 187 g/mol. The highest BCUT2D eigenvalue weighted by Crippen LogP contribution is 2.40. The fourth-order valence-electron chi connectivity index (χ4n) is 1.64. The van der Waals surface area contributed by atoms with E-state index in [0.29, 0.717) is 4.71 Å². The Morgan fingerprint density at radius 1 is 1.64 bits per heavy atom. The van der Waals surface area contributed by atoms with E-state index in [4.69, 9.17) is 0 Å². The molecule has 0 aromatic rings. The van der Waals surface area contributed by atoms with Gasteiger partial charge >= 0.3 is 0 Å². The predicted octanol–water partition coefficient (Wildman–Crippen LogP) is 2.71. The Balaban J connectivity index is 2.05. The summed E-state index contributed by atoms with van der Waals surface area (Å²) in [5.41, 5.74) is 1.58. The molecule has 0 saturated carbocycles. The molecule has 2 aliphatic rings. The molecule has 0 aliphatic carbocycles. The molecule has 1 fully saturated rings. The average Bonchev–Trinajstić information content (AvgIpc) is 2.47. The smallest absolute Gasteiger partial charge is 0.125 e. The Kier molecular flexibility index (Phi) is 2.37. The first-order valence-corrected chi connectivity index (χ1v) is 6.29. The zero-order valence-corrected chi connectivity index (χ0v) is 8.38. The molecule has 2 rings (SSSR count). The van der Waals surface area contributed by atoms with Crippen LogP contribution in [0.1, 0.15) is 19.3 Å². The SMILES string of the molecule is CSC1SC=C2CCCCN21. The predicted molar refractivity (Wildman–Crippen MR) is 53.5 cm³/mol. The van der Waals surface area contributed by atoms with Crippen LogP contribution < -0.4 is 0 Å². The molecule has 0 aromatic heterocycles. The van der Waals surface area contributed by atoms with Gasteiger partial charge < -0.3 is 4.90 Å². The quantitative estimate of drug-likeness (QED) is 0.621. The summed E-state index contributed by atoms with van der Waals surface area (Å²) in [7, 11) is 0. The molecular formula is C8H13NS2. The van der Waals surface area contributed by atoms with Gasteiger partial charge in [-0.1, -0.05) is 11.8 Å². The fourth-order valence-corrected chi connectivity index (χ4v) is 3.66. The van der Waals surface area contributed by atoms with E-state index in [-0.39, 0.29) is 0 Å². The van der Waals surface area contributed by atoms with Crippen molar-refractivity contribution >= 4 is 23.5 Å². The van der Waals surface area contributed by atoms with Crippen molar-refractivity contribution in [1.29, 1.82) is 0 Å². The van der Waals surface area contributed by atoms with Crippen molar-refractivity contribution in [3.05, 3.63) is 11.1 Å². The van der Waals surface area contributed by atoms with Crippen LogP contribution in [0.15, 0.2) is 11.1 Å². The van der Waals surface area contributed by atoms with Crippen LogP contribution in [-0.4, -0.2) is 22.4 Å². The van der Waals surface area contributed by atoms with Crippen LogP contribution in [0.3, 0.4) is 0 Å². The van der Waals surface area contributed by atoms with Crippen molar-refractivity contribution in [2.45, 2.75) is 24.0 Å². The van der Waals surface area contributed by atoms with Gasteiger partial charge in [-0.2, -0.15) is 0 Å². The van der Waals surface area contributed by atoms with E-state index >= 15 is 0 Å². The van der Waals surface area contributed by atoms with Crippen LogP contribution in [0.25, 0.3) is 0 Å². The summed E-state index contributed by atoms with van der Waals surface area (Å²) < 4.78 is 0.685. The molecule has 11 heavy (non-hydrogen) atoms. The Bertz CT molecular complexity index is 179. The zero-order valence-electron chi connectivity index (χ0n) is 6.75. The second kappa shape index (κ2) is 3.31. The standard InChI is InChI=1S/C8H13NS2/c1-10-8-9-5-3-2-4-7(9)6-11-8/h6,8H,2-5H2,1H3. The van der Waals surface area contributed by atoms with Crippen LogP contribution in [0.2, 0.25) is 0 Å². The lowest BCUT2D eigenvalue weighted by atomic mass is 10.1. The first-order chi connectivity index (χ1) is 5.42. The molecule has 62 valence electrons. The summed E-state index contributed by atoms with van der Waals surface area (Å²) in [5.74, 6) is 0. The van der Waals surface area contributed by atoms with Gasteiger partial charge in [0.05, 0.1) is 0 Å². The van der Waals surface area contributed by atoms with E-state index in [2.05, 4.69) is 16.6 Å². The van der Waals surface area contributed by atoms with Gasteiger partial charge in [0, 0.05) is 12.2 Å². The van der Waals surface area contributed by atoms with Gasteiger partial charge in [-0.3, -0.25) is 0 Å². The molecule has 0 radical (unpaired) electrons. The molecular weight excluding hydrogens is 174 g/mol. The summed E-state index contributed by atoms with van der Waals surface area (Å²) in [6.45, 7) is 1.28. The van der Waals surface area contributed by atoms with Gasteiger partial charge in [-0.15, -0.1) is 11.8 Å². The maximum absolute atomic E-state index is 2.55. The van der Waals surface area contributed by atoms with Crippen molar-refractivity contribution in [3.63, 3.8) is 0 Å². The van der Waals surface area contributed by atoms with Crippen LogP contribution in [-0.2, 0) is 0 Å². The van der Waals surface area contributed by atoms with Gasteiger partial charge in [-0.05, 0) is 30.9 Å². The third kappa shape index (κ3) is 1.41. The third-order valence-corrected chi connectivity index (χ3v) is 4.69. The van der Waals surface area contributed by atoms with Gasteiger partial charge in [-0.25, -0.2) is 0 Å². The minimum absolute atomic E-state index is 0.685. The van der Waals surface area contributed by atoms with E-state index < -0.39 is 0 Å². The largest absolute Gasteiger partial charge is 0.353 e. The van der Waals surface area contributed by atoms with Gasteiger partial charge in [0.25, 0.3) is 0 Å². The summed E-state index contributed by atoms with van der Waals surface area (Å²) in [6, 6.07) is 0. The lowest BCUT2D eigenvalue weighted by Crippen LogP contribution is -2.29. The molecule has 0 aromatic carbocycles. The lowest BCUT2D eigenvalue weighted by Gasteiger charge is -2.31. The molecule has 2 heterocycles. The number of allylic oxidation sites excluding steroid dienone is 1. The molecule has 2 aliphatic heterocycles. The monoisotopic (exact) mass is 187 g/mol. The van der Waals surface area contributed by atoms with Crippen molar-refractivity contribution in [2.24, 2.45) is 0 Å². The topological polar surface area (TPSA) is 3.24 Å². The normalized spacial score (nSPS) is 30.1. The van der Waals surface area contributed by atoms with E-state index in [9.17, 15) is 0 Å². The van der Waals surface area contributed by atoms with E-state index in [0.717, 1.165) is 0 Å². The highest BCUT2D eigenvalue weighted by atomic mass is 32.2. The second-order valence-corrected chi connectivity index (χ2v) is 5.11. The minimum atomic E-state index is 0.685. The summed E-state index contributed by atoms with van der Waals surface area (Å²) in [4.78, 5) is 2.55. The van der Waals surface area contributed by atoms with Crippen molar-refractivity contribution in [2.75, 3.05) is 12.8 Å². The Morgan fingerprint density at radius 2 is 2.55 bits per heavy atom. The zero-order chi connectivity index (χ0) is 7.68. The molecule has 3 heteroatoms. The number of fused-ring (bicyclic) bond motifs is 1. The molecule has 0 spiro atoms. The van der Waals surface area contributed by atoms with E-state index in [1.165, 1.54) is 25.8 Å². The molecule has 1 unspecified atom stereocenters. The highest BCUT2D eigenvalue weighted by molar-refractivity contribution is 8.18. The number of nitrogens with zero attached hydrogens (tertiary/aromatic N) is 1. The van der Waals surface area contributed by atoms with Crippen LogP contribution in [0, 0.1) is 0 Å². The first-order valence-electron chi connectivity index (χ1n) is 4.06. The summed E-state index contributed by atoms with van der Waals surface area (Å²) in [6.07, 6.45) is 6.28. The summed E-state index contributed by atoms with van der Waals surface area (Å²) >= 11 is 3.93. The molecule has 1 nitrogen and oxygen atoms in total. The number of hydrogen-bond donors (Lipinski definition) is 0. The van der Waals surface area contributed by atoms with Crippen LogP contribution in [0.4, 0.5) is 0 Å². The maximum atomic E-state index is 2.55. The highest BCUT2D eigenvalue weighted by Gasteiger charge is 2.27. The van der Waals surface area contributed by atoms with Gasteiger partial charge in [0.2, 0.25) is 0 Å². The van der Waals surface area contributed by atoms with Crippen molar-refractivity contribution in [3.8, 4) is 0 Å². The van der Waals surface area contributed by atoms with Gasteiger partial charge in [0.1, 0.15) is 4.71 Å². The van der Waals surface area contributed by atoms with E-state index in [1.807, 2.05) is 23.5 Å². The Labute approximate surface area is 76.6 Å². The van der Waals surface area contributed by atoms with Crippen LogP contribution in [0.5, 0.6) is 0 Å². The minimum Gasteiger partial charge on any atom is -0.353 e. The number of hydrogen-bond acceptors (Lipinski definition) is 3. The Hall–Kier alpha value is 0.240. The molecule has 0 bridgehead atoms. The van der Waals surface area contributed by atoms with Crippen molar-refractivity contribution < 1.29 is 0 Å². The van der Waals surface area contributed by atoms with E-state index in [1.54, 1.807) is 5.70 Å².